The van der Waals surface area contributed by atoms with Crippen molar-refractivity contribution in [2.45, 2.75) is 39.2 Å². The van der Waals surface area contributed by atoms with Gasteiger partial charge >= 0.3 is 13.1 Å². The highest BCUT2D eigenvalue weighted by Gasteiger charge is 2.43. The summed E-state index contributed by atoms with van der Waals surface area (Å²) in [6, 6.07) is 5.73. The molecule has 6 heteroatoms. The van der Waals surface area contributed by atoms with Crippen molar-refractivity contribution in [1.82, 2.24) is 4.90 Å². The van der Waals surface area contributed by atoms with Crippen molar-refractivity contribution in [3.63, 3.8) is 0 Å². The lowest BCUT2D eigenvalue weighted by atomic mass is 9.76. The molecule has 2 aliphatic rings. The number of carbonyl (C=O) groups is 1. The van der Waals surface area contributed by atoms with Crippen LogP contribution >= 0.6 is 0 Å². The van der Waals surface area contributed by atoms with Gasteiger partial charge in [0.05, 0.1) is 5.76 Å². The molecular formula is C17H23BN2O3. The summed E-state index contributed by atoms with van der Waals surface area (Å²) in [7, 11) is -0.485. The Kier molecular flexibility index (Phi) is 4.10. The van der Waals surface area contributed by atoms with Crippen LogP contribution in [0.4, 0.5) is 10.5 Å². The number of nitrogens with zero attached hydrogens (tertiary/aromatic N) is 1. The summed E-state index contributed by atoms with van der Waals surface area (Å²) >= 11 is 0. The molecule has 0 saturated carbocycles. The van der Waals surface area contributed by atoms with Crippen LogP contribution in [0.1, 0.15) is 32.3 Å². The van der Waals surface area contributed by atoms with Crippen molar-refractivity contribution < 1.29 is 14.1 Å². The minimum absolute atomic E-state index is 0.0410. The Bertz CT molecular complexity index is 639. The van der Waals surface area contributed by atoms with Crippen molar-refractivity contribution in [2.24, 2.45) is 0 Å². The van der Waals surface area contributed by atoms with E-state index in [1.807, 2.05) is 43.9 Å². The number of likely N-dealkylation sites (tertiary alicyclic amines) is 1. The number of rotatable bonds is 2. The maximum Gasteiger partial charge on any atom is 0.563 e. The number of hydrogen-bond acceptors (Lipinski definition) is 3. The zero-order valence-corrected chi connectivity index (χ0v) is 14.0. The van der Waals surface area contributed by atoms with Gasteiger partial charge in [-0.1, -0.05) is 18.7 Å². The van der Waals surface area contributed by atoms with Crippen LogP contribution in [0.15, 0.2) is 30.5 Å². The highest BCUT2D eigenvalue weighted by molar-refractivity contribution is 6.63. The fourth-order valence-electron chi connectivity index (χ4n) is 2.91. The molecule has 1 aromatic rings. The number of hydrogen-bond donors (Lipinski definition) is 1. The number of anilines is 1. The molecule has 0 unspecified atom stereocenters. The molecule has 0 spiro atoms. The smallest absolute Gasteiger partial charge is 0.534 e. The molecule has 2 fully saturated rings. The summed E-state index contributed by atoms with van der Waals surface area (Å²) in [6.45, 7) is 11.4. The number of urea groups is 1. The first kappa shape index (κ1) is 15.9. The predicted octanol–water partition coefficient (Wildman–Crippen LogP) is 2.66. The quantitative estimate of drug-likeness (QED) is 0.854. The molecule has 0 atom stereocenters. The van der Waals surface area contributed by atoms with Gasteiger partial charge in [-0.2, -0.15) is 0 Å². The Balaban J connectivity index is 1.79. The molecule has 23 heavy (non-hydrogen) atoms. The van der Waals surface area contributed by atoms with Gasteiger partial charge in [0.15, 0.2) is 0 Å². The molecule has 1 aromatic carbocycles. The van der Waals surface area contributed by atoms with Crippen LogP contribution < -0.4 is 10.8 Å². The van der Waals surface area contributed by atoms with Crippen molar-refractivity contribution >= 4 is 24.3 Å². The molecule has 0 radical (unpaired) electrons. The highest BCUT2D eigenvalue weighted by atomic mass is 16.7. The molecule has 2 heterocycles. The Morgan fingerprint density at radius 3 is 2.65 bits per heavy atom. The Hall–Kier alpha value is -1.95. The largest absolute Gasteiger partial charge is 0.563 e. The minimum Gasteiger partial charge on any atom is -0.534 e. The molecule has 5 nitrogen and oxygen atoms in total. The van der Waals surface area contributed by atoms with Crippen LogP contribution in [0, 0.1) is 6.92 Å². The zero-order valence-electron chi connectivity index (χ0n) is 14.0. The summed E-state index contributed by atoms with van der Waals surface area (Å²) < 4.78 is 11.7. The Labute approximate surface area is 137 Å². The van der Waals surface area contributed by atoms with Gasteiger partial charge in [-0.15, -0.1) is 0 Å². The first-order chi connectivity index (χ1) is 10.9. The van der Waals surface area contributed by atoms with Crippen molar-refractivity contribution in [2.75, 3.05) is 18.4 Å². The van der Waals surface area contributed by atoms with E-state index < -0.39 is 12.7 Å². The summed E-state index contributed by atoms with van der Waals surface area (Å²) in [5.74, 6) is 0.619. The normalized spacial score (nSPS) is 19.9. The number of amides is 2. The van der Waals surface area contributed by atoms with Gasteiger partial charge in [0.2, 0.25) is 0 Å². The molecule has 0 aromatic heterocycles. The van der Waals surface area contributed by atoms with E-state index in [0.717, 1.165) is 42.6 Å². The molecule has 122 valence electrons. The van der Waals surface area contributed by atoms with Crippen LogP contribution in [-0.4, -0.2) is 36.7 Å². The summed E-state index contributed by atoms with van der Waals surface area (Å²) in [5, 5.41) is 3.00. The third kappa shape index (κ3) is 3.08. The molecule has 2 amide bonds. The van der Waals surface area contributed by atoms with Gasteiger partial charge in [-0.05, 0) is 45.2 Å². The van der Waals surface area contributed by atoms with E-state index >= 15 is 0 Å². The van der Waals surface area contributed by atoms with Crippen LogP contribution in [0.5, 0.6) is 0 Å². The van der Waals surface area contributed by atoms with Crippen molar-refractivity contribution in [1.29, 1.82) is 0 Å². The highest BCUT2D eigenvalue weighted by Crippen LogP contribution is 2.30. The molecule has 3 rings (SSSR count). The number of benzene rings is 1. The lowest BCUT2D eigenvalue weighted by Gasteiger charge is -2.19. The lowest BCUT2D eigenvalue weighted by molar-refractivity contribution is 0.173. The standard InChI is InChI=1S/C17H23BN2O3/c1-12-14(18-22-13(2)17(3,4)23-18)8-7-9-15(12)19-16(21)20-10-5-6-11-20/h7-9H,2,5-6,10-11H2,1,3-4H3,(H,19,21). The van der Waals surface area contributed by atoms with Crippen LogP contribution in [0.2, 0.25) is 0 Å². The van der Waals surface area contributed by atoms with Crippen LogP contribution in [0.3, 0.4) is 0 Å². The van der Waals surface area contributed by atoms with E-state index in [1.165, 1.54) is 0 Å². The fourth-order valence-corrected chi connectivity index (χ4v) is 2.91. The predicted molar refractivity (Wildman–Crippen MR) is 91.8 cm³/mol. The van der Waals surface area contributed by atoms with Gasteiger partial charge in [0.25, 0.3) is 0 Å². The maximum atomic E-state index is 12.3. The molecule has 2 saturated heterocycles. The summed E-state index contributed by atoms with van der Waals surface area (Å²) in [5.41, 5.74) is 2.15. The third-order valence-corrected chi connectivity index (χ3v) is 4.59. The Morgan fingerprint density at radius 2 is 2.04 bits per heavy atom. The molecular weight excluding hydrogens is 291 g/mol. The fraction of sp³-hybridized carbons (Fsp3) is 0.471. The average Bonchev–Trinajstić information content (AvgIpc) is 3.10. The van der Waals surface area contributed by atoms with Crippen LogP contribution in [-0.2, 0) is 9.31 Å². The van der Waals surface area contributed by atoms with E-state index in [9.17, 15) is 4.79 Å². The van der Waals surface area contributed by atoms with E-state index in [2.05, 4.69) is 11.9 Å². The third-order valence-electron chi connectivity index (χ3n) is 4.59. The number of nitrogens with one attached hydrogen (secondary N) is 1. The maximum absolute atomic E-state index is 12.3. The van der Waals surface area contributed by atoms with Gasteiger partial charge in [0.1, 0.15) is 5.60 Å². The van der Waals surface area contributed by atoms with Crippen molar-refractivity contribution in [3.8, 4) is 0 Å². The molecule has 1 N–H and O–H groups in total. The number of carbonyl (C=O) groups excluding carboxylic acids is 1. The van der Waals surface area contributed by atoms with Gasteiger partial charge in [0, 0.05) is 24.2 Å². The van der Waals surface area contributed by atoms with Gasteiger partial charge in [-0.3, -0.25) is 0 Å². The SMILES string of the molecule is C=C1OB(c2cccc(NC(=O)N3CCCC3)c2C)OC1(C)C. The van der Waals surface area contributed by atoms with E-state index in [4.69, 9.17) is 9.31 Å². The van der Waals surface area contributed by atoms with E-state index in [1.54, 1.807) is 0 Å². The van der Waals surface area contributed by atoms with Gasteiger partial charge in [-0.25, -0.2) is 4.79 Å². The zero-order chi connectivity index (χ0) is 16.6. The monoisotopic (exact) mass is 314 g/mol. The second kappa shape index (κ2) is 5.93. The molecule has 2 aliphatic heterocycles. The molecule has 0 bridgehead atoms. The second-order valence-corrected chi connectivity index (χ2v) is 6.65. The van der Waals surface area contributed by atoms with E-state index in [-0.39, 0.29) is 6.03 Å². The first-order valence-corrected chi connectivity index (χ1v) is 8.08. The average molecular weight is 314 g/mol. The first-order valence-electron chi connectivity index (χ1n) is 8.08. The van der Waals surface area contributed by atoms with Crippen molar-refractivity contribution in [3.05, 3.63) is 36.1 Å². The lowest BCUT2D eigenvalue weighted by Crippen LogP contribution is -2.37. The van der Waals surface area contributed by atoms with E-state index in [0.29, 0.717) is 5.76 Å². The van der Waals surface area contributed by atoms with Gasteiger partial charge < -0.3 is 19.5 Å². The topological polar surface area (TPSA) is 50.8 Å². The Morgan fingerprint density at radius 1 is 1.35 bits per heavy atom. The van der Waals surface area contributed by atoms with Crippen LogP contribution in [0.25, 0.3) is 0 Å². The molecule has 0 aliphatic carbocycles. The minimum atomic E-state index is -0.508. The summed E-state index contributed by atoms with van der Waals surface area (Å²) in [6.07, 6.45) is 2.15. The second-order valence-electron chi connectivity index (χ2n) is 6.65. The summed E-state index contributed by atoms with van der Waals surface area (Å²) in [4.78, 5) is 14.1.